The molecule has 0 saturated carbocycles. The molecule has 6 heteroatoms. The molecular weight excluding hydrogens is 252 g/mol. The predicted octanol–water partition coefficient (Wildman–Crippen LogP) is -0.460. The van der Waals surface area contributed by atoms with Crippen LogP contribution in [0.5, 0.6) is 0 Å². The fourth-order valence-electron chi connectivity index (χ4n) is 2.37. The Balaban J connectivity index is 1.75. The van der Waals surface area contributed by atoms with Crippen LogP contribution < -0.4 is 0 Å². The van der Waals surface area contributed by atoms with E-state index in [2.05, 4.69) is 0 Å². The van der Waals surface area contributed by atoms with Gasteiger partial charge in [0.05, 0.1) is 6.61 Å². The van der Waals surface area contributed by atoms with E-state index in [-0.39, 0.29) is 6.61 Å². The van der Waals surface area contributed by atoms with E-state index in [0.717, 1.165) is 5.56 Å². The van der Waals surface area contributed by atoms with Crippen molar-refractivity contribution in [3.63, 3.8) is 0 Å². The Bertz CT molecular complexity index is 422. The number of hydrogen-bond donors (Lipinski definition) is 3. The van der Waals surface area contributed by atoms with Gasteiger partial charge in [-0.2, -0.15) is 0 Å². The van der Waals surface area contributed by atoms with E-state index in [1.807, 2.05) is 30.3 Å². The summed E-state index contributed by atoms with van der Waals surface area (Å²) in [6, 6.07) is 9.31. The summed E-state index contributed by atoms with van der Waals surface area (Å²) in [4.78, 5) is 0. The van der Waals surface area contributed by atoms with Crippen LogP contribution in [0.3, 0.4) is 0 Å². The van der Waals surface area contributed by atoms with Crippen molar-refractivity contribution in [3.8, 4) is 0 Å². The maximum atomic E-state index is 9.94. The van der Waals surface area contributed by atoms with Gasteiger partial charge in [0.1, 0.15) is 24.4 Å². The zero-order valence-corrected chi connectivity index (χ0v) is 10.1. The van der Waals surface area contributed by atoms with Crippen LogP contribution in [0.25, 0.3) is 0 Å². The highest BCUT2D eigenvalue weighted by Crippen LogP contribution is 2.33. The summed E-state index contributed by atoms with van der Waals surface area (Å²) in [5, 5.41) is 29.0. The van der Waals surface area contributed by atoms with Crippen molar-refractivity contribution in [2.24, 2.45) is 0 Å². The van der Waals surface area contributed by atoms with Gasteiger partial charge in [0.2, 0.25) is 0 Å². The lowest BCUT2D eigenvalue weighted by Gasteiger charge is -2.45. The first-order valence-corrected chi connectivity index (χ1v) is 6.18. The second-order valence-corrected chi connectivity index (χ2v) is 4.72. The number of ether oxygens (including phenoxy) is 3. The van der Waals surface area contributed by atoms with E-state index in [4.69, 9.17) is 14.2 Å². The molecule has 2 aliphatic heterocycles. The number of hydrogen-bond acceptors (Lipinski definition) is 6. The quantitative estimate of drug-likeness (QED) is 0.639. The van der Waals surface area contributed by atoms with Gasteiger partial charge >= 0.3 is 0 Å². The molecule has 19 heavy (non-hydrogen) atoms. The fourth-order valence-corrected chi connectivity index (χ4v) is 2.37. The van der Waals surface area contributed by atoms with E-state index in [1.54, 1.807) is 0 Å². The molecule has 2 aliphatic rings. The van der Waals surface area contributed by atoms with Crippen molar-refractivity contribution >= 4 is 0 Å². The summed E-state index contributed by atoms with van der Waals surface area (Å²) in [5.41, 5.74) is 0.828. The van der Waals surface area contributed by atoms with Gasteiger partial charge in [-0.25, -0.2) is 0 Å². The third-order valence-corrected chi connectivity index (χ3v) is 3.42. The minimum atomic E-state index is -1.42. The Morgan fingerprint density at radius 2 is 1.68 bits per heavy atom. The largest absolute Gasteiger partial charge is 0.387 e. The monoisotopic (exact) mass is 268 g/mol. The minimum Gasteiger partial charge on any atom is -0.387 e. The van der Waals surface area contributed by atoms with Gasteiger partial charge in [0.25, 0.3) is 0 Å². The Hall–Kier alpha value is -1.02. The van der Waals surface area contributed by atoms with Crippen LogP contribution in [0.2, 0.25) is 0 Å². The van der Waals surface area contributed by atoms with Gasteiger partial charge in [0.15, 0.2) is 12.6 Å². The molecule has 2 fully saturated rings. The standard InChI is InChI=1S/C13H16O6/c14-9-10(15)12(16)18-8-6-17-13(19-11(8)9)7-4-2-1-3-5-7/h1-5,8-16H,6H2/t8-,9-,10+,11-,12?,13?/m1/s1. The zero-order chi connectivity index (χ0) is 13.4. The molecule has 2 heterocycles. The number of benzene rings is 1. The minimum absolute atomic E-state index is 0.186. The first-order valence-electron chi connectivity index (χ1n) is 6.18. The molecule has 0 spiro atoms. The predicted molar refractivity (Wildman–Crippen MR) is 62.9 cm³/mol. The molecule has 6 nitrogen and oxygen atoms in total. The van der Waals surface area contributed by atoms with Gasteiger partial charge in [-0.05, 0) is 0 Å². The van der Waals surface area contributed by atoms with Gasteiger partial charge in [0, 0.05) is 5.56 Å². The third-order valence-electron chi connectivity index (χ3n) is 3.42. The lowest BCUT2D eigenvalue weighted by Crippen LogP contribution is -2.61. The maximum absolute atomic E-state index is 9.94. The van der Waals surface area contributed by atoms with Crippen LogP contribution >= 0.6 is 0 Å². The zero-order valence-electron chi connectivity index (χ0n) is 10.1. The summed E-state index contributed by atoms with van der Waals surface area (Å²) < 4.78 is 16.3. The topological polar surface area (TPSA) is 88.4 Å². The van der Waals surface area contributed by atoms with Crippen molar-refractivity contribution in [3.05, 3.63) is 35.9 Å². The third kappa shape index (κ3) is 2.38. The molecular formula is C13H16O6. The Morgan fingerprint density at radius 1 is 0.947 bits per heavy atom. The second kappa shape index (κ2) is 5.16. The van der Waals surface area contributed by atoms with Crippen LogP contribution in [0, 0.1) is 0 Å². The van der Waals surface area contributed by atoms with E-state index < -0.39 is 37.0 Å². The molecule has 0 radical (unpaired) electrons. The Morgan fingerprint density at radius 3 is 2.42 bits per heavy atom. The van der Waals surface area contributed by atoms with Crippen molar-refractivity contribution in [2.75, 3.05) is 6.61 Å². The second-order valence-electron chi connectivity index (χ2n) is 4.72. The normalized spacial score (nSPS) is 42.7. The van der Waals surface area contributed by atoms with Gasteiger partial charge in [-0.15, -0.1) is 0 Å². The molecule has 0 amide bonds. The van der Waals surface area contributed by atoms with E-state index in [0.29, 0.717) is 0 Å². The summed E-state index contributed by atoms with van der Waals surface area (Å²) in [6.07, 6.45) is -5.93. The highest BCUT2D eigenvalue weighted by Gasteiger charge is 2.48. The fraction of sp³-hybridized carbons (Fsp3) is 0.538. The number of fused-ring (bicyclic) bond motifs is 1. The summed E-state index contributed by atoms with van der Waals surface area (Å²) in [6.45, 7) is 0.186. The molecule has 0 aliphatic carbocycles. The summed E-state index contributed by atoms with van der Waals surface area (Å²) in [5.74, 6) is 0. The summed E-state index contributed by atoms with van der Waals surface area (Å²) >= 11 is 0. The van der Waals surface area contributed by atoms with Gasteiger partial charge in [-0.1, -0.05) is 30.3 Å². The molecule has 2 unspecified atom stereocenters. The van der Waals surface area contributed by atoms with Crippen LogP contribution in [0.4, 0.5) is 0 Å². The van der Waals surface area contributed by atoms with Gasteiger partial charge < -0.3 is 29.5 Å². The van der Waals surface area contributed by atoms with Crippen LogP contribution in [0.1, 0.15) is 11.9 Å². The van der Waals surface area contributed by atoms with Crippen LogP contribution in [-0.4, -0.2) is 52.6 Å². The van der Waals surface area contributed by atoms with Crippen molar-refractivity contribution in [1.82, 2.24) is 0 Å². The van der Waals surface area contributed by atoms with E-state index in [9.17, 15) is 15.3 Å². The lowest BCUT2D eigenvalue weighted by molar-refractivity contribution is -0.354. The number of aliphatic hydroxyl groups excluding tert-OH is 3. The average Bonchev–Trinajstić information content (AvgIpc) is 2.46. The first kappa shape index (κ1) is 13.0. The first-order chi connectivity index (χ1) is 9.16. The molecule has 3 N–H and O–H groups in total. The molecule has 3 rings (SSSR count). The Labute approximate surface area is 110 Å². The summed E-state index contributed by atoms with van der Waals surface area (Å²) in [7, 11) is 0. The lowest BCUT2D eigenvalue weighted by atomic mass is 9.98. The SMILES string of the molecule is OC1O[C@@H]2COC(c3ccccc3)O[C@H]2[C@H](O)[C@@H]1O. The smallest absolute Gasteiger partial charge is 0.184 e. The van der Waals surface area contributed by atoms with Gasteiger partial charge in [-0.3, -0.25) is 0 Å². The molecule has 0 bridgehead atoms. The van der Waals surface area contributed by atoms with Crippen LogP contribution in [0.15, 0.2) is 30.3 Å². The van der Waals surface area contributed by atoms with Crippen molar-refractivity contribution in [1.29, 1.82) is 0 Å². The average molecular weight is 268 g/mol. The highest BCUT2D eigenvalue weighted by molar-refractivity contribution is 5.16. The van der Waals surface area contributed by atoms with Crippen molar-refractivity contribution in [2.45, 2.75) is 37.0 Å². The molecule has 2 saturated heterocycles. The van der Waals surface area contributed by atoms with E-state index in [1.165, 1.54) is 0 Å². The van der Waals surface area contributed by atoms with Crippen LogP contribution in [-0.2, 0) is 14.2 Å². The Kier molecular flexibility index (Phi) is 3.53. The highest BCUT2D eigenvalue weighted by atomic mass is 16.7. The maximum Gasteiger partial charge on any atom is 0.184 e. The molecule has 1 aromatic rings. The van der Waals surface area contributed by atoms with E-state index >= 15 is 0 Å². The molecule has 104 valence electrons. The number of aliphatic hydroxyl groups is 3. The van der Waals surface area contributed by atoms with Crippen molar-refractivity contribution < 1.29 is 29.5 Å². The molecule has 0 aromatic heterocycles. The number of rotatable bonds is 1. The molecule has 1 aromatic carbocycles. The molecule has 6 atom stereocenters.